The molecule has 1 heterocycles. The molecular weight excluding hydrogens is 420 g/mol. The second-order valence-electron chi connectivity index (χ2n) is 7.71. The van der Waals surface area contributed by atoms with Crippen LogP contribution in [0.25, 0.3) is 0 Å². The summed E-state index contributed by atoms with van der Waals surface area (Å²) in [5.74, 6) is -4.68. The summed E-state index contributed by atoms with van der Waals surface area (Å²) in [7, 11) is 0. The van der Waals surface area contributed by atoms with Crippen molar-refractivity contribution in [2.75, 3.05) is 6.54 Å². The van der Waals surface area contributed by atoms with Gasteiger partial charge in [0.25, 0.3) is 0 Å². The summed E-state index contributed by atoms with van der Waals surface area (Å²) >= 11 is 0. The average molecular weight is 448 g/mol. The fraction of sp³-hybridized carbons (Fsp3) is 0.476. The normalized spacial score (nSPS) is 18.3. The maximum Gasteiger partial charge on any atom is 0.326 e. The predicted molar refractivity (Wildman–Crippen MR) is 112 cm³/mol. The number of aliphatic carboxylic acids is 2. The molecule has 1 aliphatic heterocycles. The van der Waals surface area contributed by atoms with Crippen molar-refractivity contribution in [2.45, 2.75) is 56.8 Å². The summed E-state index contributed by atoms with van der Waals surface area (Å²) in [6.45, 7) is 1.53. The third kappa shape index (κ3) is 6.77. The predicted octanol–water partition coefficient (Wildman–Crippen LogP) is -0.904. The Hall–Kier alpha value is -3.47. The van der Waals surface area contributed by atoms with Crippen LogP contribution >= 0.6 is 0 Å². The molecular formula is C21H28N4O7. The zero-order valence-corrected chi connectivity index (χ0v) is 17.7. The Balaban J connectivity index is 1.99. The number of hydrogen-bond acceptors (Lipinski definition) is 6. The van der Waals surface area contributed by atoms with Crippen LogP contribution in [0, 0.1) is 0 Å². The molecule has 1 fully saturated rings. The second kappa shape index (κ2) is 11.2. The molecule has 4 unspecified atom stereocenters. The molecule has 0 bridgehead atoms. The first-order chi connectivity index (χ1) is 15.1. The van der Waals surface area contributed by atoms with Gasteiger partial charge in [0.1, 0.15) is 18.1 Å². The smallest absolute Gasteiger partial charge is 0.326 e. The number of carbonyl (C=O) groups is 5. The number of hydrogen-bond donors (Lipinski definition) is 5. The summed E-state index contributed by atoms with van der Waals surface area (Å²) in [5.41, 5.74) is 6.75. The maximum absolute atomic E-state index is 12.8. The van der Waals surface area contributed by atoms with Crippen molar-refractivity contribution >= 4 is 29.7 Å². The molecule has 0 radical (unpaired) electrons. The molecule has 1 saturated heterocycles. The summed E-state index contributed by atoms with van der Waals surface area (Å²) in [5, 5.41) is 23.2. The number of carboxylic acid groups (broad SMARTS) is 2. The highest BCUT2D eigenvalue weighted by molar-refractivity contribution is 5.95. The van der Waals surface area contributed by atoms with Crippen LogP contribution < -0.4 is 16.4 Å². The zero-order valence-electron chi connectivity index (χ0n) is 17.7. The van der Waals surface area contributed by atoms with Crippen LogP contribution in [0.3, 0.4) is 0 Å². The van der Waals surface area contributed by atoms with Crippen LogP contribution in [0.5, 0.6) is 0 Å². The van der Waals surface area contributed by atoms with Crippen molar-refractivity contribution in [1.82, 2.24) is 15.5 Å². The Kier molecular flexibility index (Phi) is 8.71. The summed E-state index contributed by atoms with van der Waals surface area (Å²) in [4.78, 5) is 61.3. The first-order valence-electron chi connectivity index (χ1n) is 10.3. The fourth-order valence-corrected chi connectivity index (χ4v) is 3.51. The van der Waals surface area contributed by atoms with E-state index in [1.54, 1.807) is 0 Å². The monoisotopic (exact) mass is 448 g/mol. The summed E-state index contributed by atoms with van der Waals surface area (Å²) in [6, 6.07) is 4.54. The quantitative estimate of drug-likeness (QED) is 0.305. The number of rotatable bonds is 10. The van der Waals surface area contributed by atoms with Crippen LogP contribution in [0.15, 0.2) is 30.3 Å². The highest BCUT2D eigenvalue weighted by atomic mass is 16.4. The number of nitrogens with zero attached hydrogens (tertiary/aromatic N) is 1. The fourth-order valence-electron chi connectivity index (χ4n) is 3.51. The first-order valence-corrected chi connectivity index (χ1v) is 10.3. The largest absolute Gasteiger partial charge is 0.481 e. The van der Waals surface area contributed by atoms with E-state index in [-0.39, 0.29) is 19.4 Å². The number of carboxylic acids is 2. The molecule has 0 saturated carbocycles. The van der Waals surface area contributed by atoms with E-state index in [0.29, 0.717) is 6.42 Å². The minimum absolute atomic E-state index is 0.155. The summed E-state index contributed by atoms with van der Waals surface area (Å²) < 4.78 is 0. The molecule has 3 amide bonds. The molecule has 1 aromatic carbocycles. The first kappa shape index (κ1) is 24.8. The van der Waals surface area contributed by atoms with Gasteiger partial charge in [-0.15, -0.1) is 0 Å². The van der Waals surface area contributed by atoms with E-state index in [0.717, 1.165) is 10.5 Å². The van der Waals surface area contributed by atoms with Crippen LogP contribution in [-0.4, -0.2) is 75.5 Å². The Labute approximate surface area is 184 Å². The Morgan fingerprint density at radius 3 is 2.34 bits per heavy atom. The van der Waals surface area contributed by atoms with E-state index in [1.807, 2.05) is 30.3 Å². The molecule has 2 rings (SSSR count). The number of benzene rings is 1. The van der Waals surface area contributed by atoms with E-state index in [4.69, 9.17) is 10.8 Å². The molecule has 0 aromatic heterocycles. The topological polar surface area (TPSA) is 179 Å². The second-order valence-corrected chi connectivity index (χ2v) is 7.71. The van der Waals surface area contributed by atoms with Crippen molar-refractivity contribution in [3.8, 4) is 0 Å². The van der Waals surface area contributed by atoms with Gasteiger partial charge in [-0.05, 0) is 31.7 Å². The minimum Gasteiger partial charge on any atom is -0.481 e. The molecule has 174 valence electrons. The number of carbonyl (C=O) groups excluding carboxylic acids is 3. The van der Waals surface area contributed by atoms with Crippen molar-refractivity contribution in [1.29, 1.82) is 0 Å². The van der Waals surface area contributed by atoms with Gasteiger partial charge in [-0.1, -0.05) is 30.3 Å². The van der Waals surface area contributed by atoms with Gasteiger partial charge in [-0.25, -0.2) is 4.79 Å². The van der Waals surface area contributed by atoms with Gasteiger partial charge in [0, 0.05) is 6.54 Å². The Bertz CT molecular complexity index is 861. The van der Waals surface area contributed by atoms with Gasteiger partial charge in [0.15, 0.2) is 0 Å². The molecule has 0 spiro atoms. The lowest BCUT2D eigenvalue weighted by Crippen LogP contribution is -2.57. The lowest BCUT2D eigenvalue weighted by Gasteiger charge is -2.27. The highest BCUT2D eigenvalue weighted by Gasteiger charge is 2.38. The van der Waals surface area contributed by atoms with Crippen molar-refractivity contribution in [3.05, 3.63) is 35.9 Å². The molecule has 11 heteroatoms. The molecule has 1 aromatic rings. The van der Waals surface area contributed by atoms with Crippen molar-refractivity contribution in [3.63, 3.8) is 0 Å². The van der Waals surface area contributed by atoms with Crippen LogP contribution in [0.1, 0.15) is 31.7 Å². The number of nitrogens with two attached hydrogens (primary N) is 1. The molecule has 1 aliphatic rings. The number of nitrogens with one attached hydrogen (secondary N) is 2. The lowest BCUT2D eigenvalue weighted by molar-refractivity contribution is -0.150. The van der Waals surface area contributed by atoms with Gasteiger partial charge in [-0.3, -0.25) is 19.2 Å². The van der Waals surface area contributed by atoms with E-state index >= 15 is 0 Å². The van der Waals surface area contributed by atoms with E-state index < -0.39 is 60.2 Å². The number of amides is 3. The maximum atomic E-state index is 12.8. The van der Waals surface area contributed by atoms with E-state index in [9.17, 15) is 29.1 Å². The molecule has 0 aliphatic carbocycles. The van der Waals surface area contributed by atoms with Gasteiger partial charge < -0.3 is 31.5 Å². The Morgan fingerprint density at radius 2 is 1.75 bits per heavy atom. The highest BCUT2D eigenvalue weighted by Crippen LogP contribution is 2.19. The van der Waals surface area contributed by atoms with Crippen LogP contribution in [-0.2, 0) is 30.4 Å². The van der Waals surface area contributed by atoms with E-state index in [1.165, 1.54) is 6.92 Å². The van der Waals surface area contributed by atoms with E-state index in [2.05, 4.69) is 10.6 Å². The average Bonchev–Trinajstić information content (AvgIpc) is 3.23. The van der Waals surface area contributed by atoms with Crippen molar-refractivity contribution < 1.29 is 34.2 Å². The van der Waals surface area contributed by atoms with Crippen LogP contribution in [0.4, 0.5) is 0 Å². The minimum atomic E-state index is -1.46. The third-order valence-electron chi connectivity index (χ3n) is 5.20. The summed E-state index contributed by atoms with van der Waals surface area (Å²) in [6.07, 6.45) is 0.247. The van der Waals surface area contributed by atoms with Gasteiger partial charge in [0.2, 0.25) is 17.7 Å². The van der Waals surface area contributed by atoms with Crippen molar-refractivity contribution in [2.24, 2.45) is 5.73 Å². The van der Waals surface area contributed by atoms with Gasteiger partial charge >= 0.3 is 11.9 Å². The standard InChI is InChI=1S/C21H28N4O7/c1-12(23-19(29)14(22)10-13-6-3-2-4-7-13)18(28)24-15(11-17(26)27)20(30)25-9-5-8-16(25)21(31)32/h2-4,6-7,12,14-16H,5,8-11,22H2,1H3,(H,23,29)(H,24,28)(H,26,27)(H,31,32). The molecule has 11 nitrogen and oxygen atoms in total. The van der Waals surface area contributed by atoms with Crippen LogP contribution in [0.2, 0.25) is 0 Å². The van der Waals surface area contributed by atoms with Gasteiger partial charge in [0.05, 0.1) is 12.5 Å². The van der Waals surface area contributed by atoms with Gasteiger partial charge in [-0.2, -0.15) is 0 Å². The number of likely N-dealkylation sites (tertiary alicyclic amines) is 1. The Morgan fingerprint density at radius 1 is 1.09 bits per heavy atom. The molecule has 6 N–H and O–H groups in total. The SMILES string of the molecule is CC(NC(=O)C(N)Cc1ccccc1)C(=O)NC(CC(=O)O)C(=O)N1CCCC1C(=O)O. The third-order valence-corrected chi connectivity index (χ3v) is 5.20. The molecule has 32 heavy (non-hydrogen) atoms. The zero-order chi connectivity index (χ0) is 23.8. The lowest BCUT2D eigenvalue weighted by atomic mass is 10.1. The molecule has 4 atom stereocenters.